The van der Waals surface area contributed by atoms with Gasteiger partial charge in [0, 0.05) is 9.90 Å². The zero-order valence-corrected chi connectivity index (χ0v) is 15.3. The van der Waals surface area contributed by atoms with Gasteiger partial charge in [-0.25, -0.2) is 0 Å². The largest absolute Gasteiger partial charge is 0.481 e. The van der Waals surface area contributed by atoms with Crippen LogP contribution in [0.1, 0.15) is 34.6 Å². The first-order valence-corrected chi connectivity index (χ1v) is 8.68. The number of nitrogens with two attached hydrogens (primary N) is 1. The van der Waals surface area contributed by atoms with Crippen LogP contribution >= 0.6 is 22.9 Å². The summed E-state index contributed by atoms with van der Waals surface area (Å²) in [6.07, 6.45) is -0.0814. The molecule has 24 heavy (non-hydrogen) atoms. The number of carbonyl (C=O) groups excluding carboxylic acids is 2. The minimum Gasteiger partial charge on any atom is -0.481 e. The number of ether oxygens (including phenoxy) is 1. The lowest BCUT2D eigenvalue weighted by molar-refractivity contribution is -0.122. The molecule has 0 aliphatic carbocycles. The molecule has 5 nitrogen and oxygen atoms in total. The van der Waals surface area contributed by atoms with Crippen molar-refractivity contribution in [2.24, 2.45) is 5.73 Å². The van der Waals surface area contributed by atoms with E-state index in [2.05, 4.69) is 5.32 Å². The minimum absolute atomic E-state index is 0.360. The fourth-order valence-electron chi connectivity index (χ4n) is 2.36. The molecule has 1 atom stereocenters. The maximum absolute atomic E-state index is 12.4. The molecule has 0 aliphatic rings. The summed E-state index contributed by atoms with van der Waals surface area (Å²) in [5.74, 6) is -0.409. The highest BCUT2D eigenvalue weighted by molar-refractivity contribution is 7.16. The van der Waals surface area contributed by atoms with Gasteiger partial charge in [0.1, 0.15) is 10.8 Å². The summed E-state index contributed by atoms with van der Waals surface area (Å²) in [7, 11) is 0. The smallest absolute Gasteiger partial charge is 0.265 e. The fourth-order valence-corrected chi connectivity index (χ4v) is 3.70. The van der Waals surface area contributed by atoms with Gasteiger partial charge >= 0.3 is 0 Å². The van der Waals surface area contributed by atoms with Gasteiger partial charge in [-0.05, 0) is 44.0 Å². The maximum Gasteiger partial charge on any atom is 0.265 e. The average Bonchev–Trinajstić information content (AvgIpc) is 2.82. The standard InChI is InChI=1S/C17H19ClN2O3S/c1-4-13-10(3)24-17(14(13)15(19)21)20-16(22)9(2)23-12-7-5-6-11(18)8-12/h5-9H,4H2,1-3H3,(H2,19,21)(H,20,22)/t9-/m0/s1. The molecule has 128 valence electrons. The van der Waals surface area contributed by atoms with E-state index >= 15 is 0 Å². The van der Waals surface area contributed by atoms with Crippen LogP contribution in [0.25, 0.3) is 0 Å². The molecule has 0 unspecified atom stereocenters. The van der Waals surface area contributed by atoms with Crippen molar-refractivity contribution >= 4 is 39.8 Å². The van der Waals surface area contributed by atoms with Gasteiger partial charge in [0.25, 0.3) is 11.8 Å². The molecule has 0 saturated carbocycles. The van der Waals surface area contributed by atoms with E-state index in [1.165, 1.54) is 11.3 Å². The number of carbonyl (C=O) groups is 2. The summed E-state index contributed by atoms with van der Waals surface area (Å²) in [6.45, 7) is 5.47. The van der Waals surface area contributed by atoms with Crippen LogP contribution in [0.2, 0.25) is 5.02 Å². The number of hydrogen-bond acceptors (Lipinski definition) is 4. The first-order valence-electron chi connectivity index (χ1n) is 7.48. The average molecular weight is 367 g/mol. The Bertz CT molecular complexity index is 773. The molecule has 2 rings (SSSR count). The molecule has 3 N–H and O–H groups in total. The first kappa shape index (κ1) is 18.3. The Morgan fingerprint density at radius 3 is 2.71 bits per heavy atom. The third-order valence-electron chi connectivity index (χ3n) is 3.52. The predicted molar refractivity (Wildman–Crippen MR) is 97.1 cm³/mol. The molecule has 0 radical (unpaired) electrons. The zero-order valence-electron chi connectivity index (χ0n) is 13.7. The molecule has 0 bridgehead atoms. The molecule has 7 heteroatoms. The van der Waals surface area contributed by atoms with E-state index < -0.39 is 12.0 Å². The third kappa shape index (κ3) is 4.07. The summed E-state index contributed by atoms with van der Waals surface area (Å²) >= 11 is 7.24. The Morgan fingerprint density at radius 1 is 1.42 bits per heavy atom. The van der Waals surface area contributed by atoms with Crippen LogP contribution < -0.4 is 15.8 Å². The molecule has 0 spiro atoms. The number of anilines is 1. The number of aryl methyl sites for hydroxylation is 1. The summed E-state index contributed by atoms with van der Waals surface area (Å²) < 4.78 is 5.58. The zero-order chi connectivity index (χ0) is 17.9. The van der Waals surface area contributed by atoms with Crippen LogP contribution in [0.15, 0.2) is 24.3 Å². The van der Waals surface area contributed by atoms with E-state index in [0.717, 1.165) is 10.4 Å². The van der Waals surface area contributed by atoms with E-state index in [9.17, 15) is 9.59 Å². The van der Waals surface area contributed by atoms with Crippen molar-refractivity contribution < 1.29 is 14.3 Å². The molecule has 2 aromatic rings. The SMILES string of the molecule is CCc1c(C)sc(NC(=O)[C@H](C)Oc2cccc(Cl)c2)c1C(N)=O. The van der Waals surface area contributed by atoms with Gasteiger partial charge in [0.15, 0.2) is 6.10 Å². The summed E-state index contributed by atoms with van der Waals surface area (Å²) in [4.78, 5) is 25.1. The predicted octanol–water partition coefficient (Wildman–Crippen LogP) is 3.78. The summed E-state index contributed by atoms with van der Waals surface area (Å²) in [6, 6.07) is 6.81. The van der Waals surface area contributed by atoms with E-state index in [4.69, 9.17) is 22.1 Å². The van der Waals surface area contributed by atoms with Crippen LogP contribution in [0.5, 0.6) is 5.75 Å². The Hall–Kier alpha value is -2.05. The second-order valence-electron chi connectivity index (χ2n) is 5.27. The van der Waals surface area contributed by atoms with E-state index in [-0.39, 0.29) is 5.91 Å². The Balaban J connectivity index is 2.16. The van der Waals surface area contributed by atoms with E-state index in [1.807, 2.05) is 13.8 Å². The fraction of sp³-hybridized carbons (Fsp3) is 0.294. The van der Waals surface area contributed by atoms with Crippen molar-refractivity contribution in [3.63, 3.8) is 0 Å². The lowest BCUT2D eigenvalue weighted by atomic mass is 10.1. The molecular formula is C17H19ClN2O3S. The second kappa shape index (κ2) is 7.68. The number of amides is 2. The maximum atomic E-state index is 12.4. The van der Waals surface area contributed by atoms with Crippen LogP contribution in [-0.2, 0) is 11.2 Å². The van der Waals surface area contributed by atoms with Crippen molar-refractivity contribution in [2.45, 2.75) is 33.3 Å². The van der Waals surface area contributed by atoms with Crippen LogP contribution in [0.4, 0.5) is 5.00 Å². The highest BCUT2D eigenvalue weighted by Gasteiger charge is 2.23. The van der Waals surface area contributed by atoms with Crippen molar-refractivity contribution in [3.05, 3.63) is 45.3 Å². The normalized spacial score (nSPS) is 11.8. The van der Waals surface area contributed by atoms with Gasteiger partial charge in [-0.1, -0.05) is 24.6 Å². The second-order valence-corrected chi connectivity index (χ2v) is 6.93. The molecule has 0 saturated heterocycles. The quantitative estimate of drug-likeness (QED) is 0.816. The molecule has 0 fully saturated rings. The Labute approximate surface area is 149 Å². The van der Waals surface area contributed by atoms with Crippen molar-refractivity contribution in [3.8, 4) is 5.75 Å². The van der Waals surface area contributed by atoms with Gasteiger partial charge in [-0.2, -0.15) is 0 Å². The van der Waals surface area contributed by atoms with Crippen molar-refractivity contribution in [1.29, 1.82) is 0 Å². The van der Waals surface area contributed by atoms with Crippen LogP contribution in [0, 0.1) is 6.92 Å². The minimum atomic E-state index is -0.753. The molecule has 1 aromatic carbocycles. The molecule has 1 aromatic heterocycles. The van der Waals surface area contributed by atoms with Crippen LogP contribution in [0.3, 0.4) is 0 Å². The topological polar surface area (TPSA) is 81.4 Å². The number of nitrogens with one attached hydrogen (secondary N) is 1. The van der Waals surface area contributed by atoms with E-state index in [0.29, 0.717) is 27.8 Å². The van der Waals surface area contributed by atoms with Crippen molar-refractivity contribution in [2.75, 3.05) is 5.32 Å². The number of benzene rings is 1. The number of thiophene rings is 1. The monoisotopic (exact) mass is 366 g/mol. The number of primary amides is 1. The van der Waals surface area contributed by atoms with Crippen molar-refractivity contribution in [1.82, 2.24) is 0 Å². The Morgan fingerprint density at radius 2 is 2.12 bits per heavy atom. The Kier molecular flexibility index (Phi) is 5.85. The van der Waals surface area contributed by atoms with Gasteiger partial charge in [-0.15, -0.1) is 11.3 Å². The summed E-state index contributed by atoms with van der Waals surface area (Å²) in [5, 5.41) is 3.73. The van der Waals surface area contributed by atoms with Gasteiger partial charge in [0.05, 0.1) is 5.56 Å². The lowest BCUT2D eigenvalue weighted by Crippen LogP contribution is -2.30. The first-order chi connectivity index (χ1) is 11.3. The number of hydrogen-bond donors (Lipinski definition) is 2. The van der Waals surface area contributed by atoms with Gasteiger partial charge in [-0.3, -0.25) is 9.59 Å². The van der Waals surface area contributed by atoms with Crippen LogP contribution in [-0.4, -0.2) is 17.9 Å². The highest BCUT2D eigenvalue weighted by Crippen LogP contribution is 2.33. The molecule has 2 amide bonds. The van der Waals surface area contributed by atoms with Gasteiger partial charge < -0.3 is 15.8 Å². The molecule has 1 heterocycles. The summed E-state index contributed by atoms with van der Waals surface area (Å²) in [5.41, 5.74) is 6.71. The number of rotatable bonds is 6. The van der Waals surface area contributed by atoms with E-state index in [1.54, 1.807) is 31.2 Å². The highest BCUT2D eigenvalue weighted by atomic mass is 35.5. The third-order valence-corrected chi connectivity index (χ3v) is 4.82. The number of halogens is 1. The molecule has 0 aliphatic heterocycles. The molecular weight excluding hydrogens is 348 g/mol. The lowest BCUT2D eigenvalue weighted by Gasteiger charge is -2.14. The van der Waals surface area contributed by atoms with Gasteiger partial charge in [0.2, 0.25) is 0 Å².